The van der Waals surface area contributed by atoms with Gasteiger partial charge in [0.2, 0.25) is 17.7 Å². The Morgan fingerprint density at radius 3 is 2.63 bits per heavy atom. The van der Waals surface area contributed by atoms with Gasteiger partial charge < -0.3 is 20.3 Å². The molecule has 2 aliphatic rings. The number of carbonyl (C=O) groups excluding carboxylic acids is 3. The highest BCUT2D eigenvalue weighted by molar-refractivity contribution is 6.45. The number of halogens is 2. The molecule has 12 heteroatoms. The van der Waals surface area contributed by atoms with E-state index in [2.05, 4.69) is 20.6 Å². The van der Waals surface area contributed by atoms with E-state index < -0.39 is 17.7 Å². The molecule has 3 N–H and O–H groups in total. The second-order valence-electron chi connectivity index (χ2n) is 9.57. The molecule has 202 valence electrons. The van der Waals surface area contributed by atoms with Crippen LogP contribution >= 0.6 is 0 Å². The Morgan fingerprint density at radius 2 is 1.95 bits per heavy atom. The lowest BCUT2D eigenvalue weighted by molar-refractivity contribution is -0.138. The summed E-state index contributed by atoms with van der Waals surface area (Å²) in [6.07, 6.45) is 3.88. The van der Waals surface area contributed by atoms with Crippen LogP contribution in [0.15, 0.2) is 36.7 Å². The number of hydrogen-bond acceptors (Lipinski definition) is 8. The van der Waals surface area contributed by atoms with Crippen LogP contribution in [-0.4, -0.2) is 69.8 Å². The van der Waals surface area contributed by atoms with Crippen LogP contribution in [0, 0.1) is 11.3 Å². The molecular weight excluding hydrogens is 498 g/mol. The standard InChI is InChI=1S/C26H30F2N6O4/c1-16(35)24(29)19-10-18(38-15-22-30-7-3-8-31-22)5-6-20(19)32-14-23(36)34-9-2-4-21(34)25(37)33-13-17-11-26(27,28)12-17/h3,5-8,10,17,21,29,32H,2,4,9,11-15H2,1H3,(H,33,37)/t21-/m0/s1. The zero-order chi connectivity index (χ0) is 27.3. The first-order valence-corrected chi connectivity index (χ1v) is 12.4. The van der Waals surface area contributed by atoms with Gasteiger partial charge in [0, 0.05) is 56.5 Å². The molecule has 0 radical (unpaired) electrons. The SMILES string of the molecule is CC(=O)C(=N)c1cc(OCc2ncccn2)ccc1NCC(=O)N1CCC[C@H]1C(=O)NCC1CC(F)(F)C1. The van der Waals surface area contributed by atoms with Crippen LogP contribution < -0.4 is 15.4 Å². The molecule has 1 aliphatic heterocycles. The third-order valence-electron chi connectivity index (χ3n) is 6.65. The Balaban J connectivity index is 1.36. The van der Waals surface area contributed by atoms with Crippen molar-refractivity contribution in [3.63, 3.8) is 0 Å². The van der Waals surface area contributed by atoms with Crippen molar-refractivity contribution < 1.29 is 27.9 Å². The molecule has 2 heterocycles. The Hall–Kier alpha value is -3.96. The van der Waals surface area contributed by atoms with Crippen LogP contribution in [0.25, 0.3) is 0 Å². The molecule has 38 heavy (non-hydrogen) atoms. The second kappa shape index (κ2) is 11.6. The molecule has 1 aliphatic carbocycles. The van der Waals surface area contributed by atoms with Crippen molar-refractivity contribution in [2.24, 2.45) is 5.92 Å². The van der Waals surface area contributed by atoms with Crippen LogP contribution in [0.1, 0.15) is 44.0 Å². The van der Waals surface area contributed by atoms with Crippen LogP contribution in [0.4, 0.5) is 14.5 Å². The molecule has 1 saturated heterocycles. The van der Waals surface area contributed by atoms with E-state index in [0.717, 1.165) is 0 Å². The number of nitrogens with one attached hydrogen (secondary N) is 3. The van der Waals surface area contributed by atoms with Crippen molar-refractivity contribution in [1.82, 2.24) is 20.2 Å². The van der Waals surface area contributed by atoms with E-state index in [1.54, 1.807) is 30.6 Å². The van der Waals surface area contributed by atoms with Crippen molar-refractivity contribution in [3.05, 3.63) is 48.0 Å². The van der Waals surface area contributed by atoms with E-state index in [1.165, 1.54) is 17.9 Å². The normalized spacial score (nSPS) is 18.4. The molecule has 2 aromatic rings. The maximum atomic E-state index is 13.0. The molecule has 10 nitrogen and oxygen atoms in total. The molecular formula is C26H30F2N6O4. The molecule has 1 atom stereocenters. The van der Waals surface area contributed by atoms with Gasteiger partial charge in [0.25, 0.3) is 0 Å². The quantitative estimate of drug-likeness (QED) is 0.381. The van der Waals surface area contributed by atoms with Gasteiger partial charge in [-0.3, -0.25) is 19.8 Å². The minimum Gasteiger partial charge on any atom is -0.486 e. The predicted molar refractivity (Wildman–Crippen MR) is 134 cm³/mol. The predicted octanol–water partition coefficient (Wildman–Crippen LogP) is 2.58. The highest BCUT2D eigenvalue weighted by Gasteiger charge is 2.45. The van der Waals surface area contributed by atoms with E-state index in [-0.39, 0.29) is 61.5 Å². The third kappa shape index (κ3) is 6.67. The molecule has 0 unspecified atom stereocenters. The number of ketones is 1. The van der Waals surface area contributed by atoms with Crippen molar-refractivity contribution in [3.8, 4) is 5.75 Å². The van der Waals surface area contributed by atoms with Gasteiger partial charge in [-0.15, -0.1) is 0 Å². The summed E-state index contributed by atoms with van der Waals surface area (Å²) >= 11 is 0. The van der Waals surface area contributed by atoms with Crippen molar-refractivity contribution >= 4 is 29.0 Å². The van der Waals surface area contributed by atoms with E-state index in [9.17, 15) is 23.2 Å². The highest BCUT2D eigenvalue weighted by Crippen LogP contribution is 2.41. The summed E-state index contributed by atoms with van der Waals surface area (Å²) in [5.41, 5.74) is 0.416. The number of likely N-dealkylation sites (tertiary alicyclic amines) is 1. The number of hydrogen-bond donors (Lipinski definition) is 3. The van der Waals surface area contributed by atoms with Gasteiger partial charge in [-0.25, -0.2) is 18.7 Å². The number of ether oxygens (including phenoxy) is 1. The average molecular weight is 529 g/mol. The Morgan fingerprint density at radius 1 is 1.21 bits per heavy atom. The van der Waals surface area contributed by atoms with Crippen LogP contribution in [0.2, 0.25) is 0 Å². The van der Waals surface area contributed by atoms with Crippen LogP contribution in [-0.2, 0) is 21.0 Å². The lowest BCUT2D eigenvalue weighted by atomic mass is 9.81. The van der Waals surface area contributed by atoms with E-state index in [4.69, 9.17) is 10.1 Å². The minimum atomic E-state index is -2.64. The lowest BCUT2D eigenvalue weighted by Crippen LogP contribution is -2.50. The van der Waals surface area contributed by atoms with Gasteiger partial charge in [-0.1, -0.05) is 0 Å². The fraction of sp³-hybridized carbons (Fsp3) is 0.462. The van der Waals surface area contributed by atoms with Gasteiger partial charge in [0.1, 0.15) is 24.1 Å². The zero-order valence-corrected chi connectivity index (χ0v) is 21.0. The number of amides is 2. The van der Waals surface area contributed by atoms with Crippen molar-refractivity contribution in [2.45, 2.75) is 51.2 Å². The Labute approximate surface area is 218 Å². The maximum absolute atomic E-state index is 13.0. The van der Waals surface area contributed by atoms with Crippen molar-refractivity contribution in [2.75, 3.05) is 25.0 Å². The monoisotopic (exact) mass is 528 g/mol. The van der Waals surface area contributed by atoms with Gasteiger partial charge >= 0.3 is 0 Å². The number of anilines is 1. The molecule has 4 rings (SSSR count). The summed E-state index contributed by atoms with van der Waals surface area (Å²) in [4.78, 5) is 47.3. The number of nitrogens with zero attached hydrogens (tertiary/aromatic N) is 3. The molecule has 1 aromatic carbocycles. The number of Topliss-reactive ketones (excluding diaryl/α,β-unsaturated/α-hetero) is 1. The largest absolute Gasteiger partial charge is 0.486 e. The van der Waals surface area contributed by atoms with Crippen molar-refractivity contribution in [1.29, 1.82) is 5.41 Å². The number of rotatable bonds is 11. The summed E-state index contributed by atoms with van der Waals surface area (Å²) < 4.78 is 31.8. The molecule has 1 saturated carbocycles. The summed E-state index contributed by atoms with van der Waals surface area (Å²) in [6.45, 7) is 1.80. The van der Waals surface area contributed by atoms with Gasteiger partial charge in [-0.05, 0) is 43.0 Å². The van der Waals surface area contributed by atoms with E-state index >= 15 is 0 Å². The highest BCUT2D eigenvalue weighted by atomic mass is 19.3. The van der Waals surface area contributed by atoms with Crippen LogP contribution in [0.3, 0.4) is 0 Å². The summed E-state index contributed by atoms with van der Waals surface area (Å²) in [5.74, 6) is -3.14. The molecule has 2 amide bonds. The van der Waals surface area contributed by atoms with Gasteiger partial charge in [0.15, 0.2) is 11.6 Å². The molecule has 2 fully saturated rings. The van der Waals surface area contributed by atoms with Crippen LogP contribution in [0.5, 0.6) is 5.75 Å². The summed E-state index contributed by atoms with van der Waals surface area (Å²) in [6, 6.07) is 5.82. The number of aromatic nitrogens is 2. The topological polar surface area (TPSA) is 137 Å². The zero-order valence-electron chi connectivity index (χ0n) is 21.0. The molecule has 0 bridgehead atoms. The summed E-state index contributed by atoms with van der Waals surface area (Å²) in [5, 5.41) is 13.9. The fourth-order valence-electron chi connectivity index (χ4n) is 4.62. The van der Waals surface area contributed by atoms with Gasteiger partial charge in [-0.2, -0.15) is 0 Å². The number of carbonyl (C=O) groups is 3. The average Bonchev–Trinajstić information content (AvgIpc) is 3.38. The fourth-order valence-corrected chi connectivity index (χ4v) is 4.62. The summed E-state index contributed by atoms with van der Waals surface area (Å²) in [7, 11) is 0. The first-order valence-electron chi connectivity index (χ1n) is 12.4. The second-order valence-corrected chi connectivity index (χ2v) is 9.57. The lowest BCUT2D eigenvalue weighted by Gasteiger charge is -2.35. The van der Waals surface area contributed by atoms with E-state index in [1.807, 2.05) is 0 Å². The number of alkyl halides is 2. The van der Waals surface area contributed by atoms with Gasteiger partial charge in [0.05, 0.1) is 6.54 Å². The molecule has 0 spiro atoms. The smallest absolute Gasteiger partial charge is 0.248 e. The van der Waals surface area contributed by atoms with E-state index in [0.29, 0.717) is 36.6 Å². The first kappa shape index (κ1) is 27.1. The maximum Gasteiger partial charge on any atom is 0.248 e. The Kier molecular flexibility index (Phi) is 8.28. The Bertz CT molecular complexity index is 1200. The first-order chi connectivity index (χ1) is 18.1. The number of benzene rings is 1. The molecule has 1 aromatic heterocycles. The minimum absolute atomic E-state index is 0.0978. The third-order valence-corrected chi connectivity index (χ3v) is 6.65.